The van der Waals surface area contributed by atoms with E-state index in [9.17, 15) is 0 Å². The topological polar surface area (TPSA) is 42.2 Å². The van der Waals surface area contributed by atoms with Crippen LogP contribution >= 0.6 is 0 Å². The summed E-state index contributed by atoms with van der Waals surface area (Å²) in [5.74, 6) is 0. The quantitative estimate of drug-likeness (QED) is 0.762. The fraction of sp³-hybridized carbons (Fsp3) is 0.455. The second-order valence-corrected chi connectivity index (χ2v) is 3.99. The molecule has 4 nitrogen and oxygen atoms in total. The van der Waals surface area contributed by atoms with Crippen molar-refractivity contribution in [2.75, 3.05) is 6.54 Å². The van der Waals surface area contributed by atoms with E-state index in [1.807, 2.05) is 12.4 Å². The molecule has 1 atom stereocenters. The van der Waals surface area contributed by atoms with E-state index in [0.29, 0.717) is 6.04 Å². The van der Waals surface area contributed by atoms with Gasteiger partial charge in [-0.1, -0.05) is 6.42 Å². The molecule has 3 rings (SSSR count). The Labute approximate surface area is 88.4 Å². The molecule has 1 N–H and O–H groups in total. The van der Waals surface area contributed by atoms with Gasteiger partial charge in [0.2, 0.25) is 0 Å². The van der Waals surface area contributed by atoms with Crippen LogP contribution in [0.4, 0.5) is 0 Å². The van der Waals surface area contributed by atoms with Crippen molar-refractivity contribution in [3.05, 3.63) is 30.5 Å². The zero-order chi connectivity index (χ0) is 10.1. The summed E-state index contributed by atoms with van der Waals surface area (Å²) >= 11 is 0. The highest BCUT2D eigenvalue weighted by Gasteiger charge is 2.17. The molecule has 0 amide bonds. The standard InChI is InChI=1S/C11H14N4/c1-2-4-13-9(3-1)10-7-14-11-8-12-5-6-15(10)11/h5-9,13H,1-4H2. The Morgan fingerprint density at radius 1 is 1.33 bits per heavy atom. The second kappa shape index (κ2) is 3.62. The molecule has 0 saturated carbocycles. The molecule has 0 radical (unpaired) electrons. The van der Waals surface area contributed by atoms with Crippen LogP contribution in [-0.4, -0.2) is 20.9 Å². The van der Waals surface area contributed by atoms with Crippen LogP contribution in [0, 0.1) is 0 Å². The van der Waals surface area contributed by atoms with E-state index < -0.39 is 0 Å². The SMILES string of the molecule is c1cn2c(C3CCCCN3)cnc2cn1. The number of hydrogen-bond acceptors (Lipinski definition) is 3. The van der Waals surface area contributed by atoms with E-state index in [2.05, 4.69) is 19.7 Å². The van der Waals surface area contributed by atoms with Crippen LogP contribution in [-0.2, 0) is 0 Å². The summed E-state index contributed by atoms with van der Waals surface area (Å²) in [6.45, 7) is 1.11. The first-order chi connectivity index (χ1) is 7.45. The lowest BCUT2D eigenvalue weighted by molar-refractivity contribution is 0.403. The van der Waals surface area contributed by atoms with Crippen molar-refractivity contribution in [1.29, 1.82) is 0 Å². The molecule has 0 aromatic carbocycles. The van der Waals surface area contributed by atoms with Gasteiger partial charge in [0.25, 0.3) is 0 Å². The Bertz CT molecular complexity index is 456. The predicted octanol–water partition coefficient (Wildman–Crippen LogP) is 1.54. The monoisotopic (exact) mass is 202 g/mol. The number of piperidine rings is 1. The fourth-order valence-corrected chi connectivity index (χ4v) is 2.22. The van der Waals surface area contributed by atoms with Gasteiger partial charge < -0.3 is 5.32 Å². The zero-order valence-electron chi connectivity index (χ0n) is 8.56. The van der Waals surface area contributed by atoms with Crippen molar-refractivity contribution in [2.24, 2.45) is 0 Å². The van der Waals surface area contributed by atoms with Gasteiger partial charge in [-0.15, -0.1) is 0 Å². The predicted molar refractivity (Wildman–Crippen MR) is 57.6 cm³/mol. The van der Waals surface area contributed by atoms with Gasteiger partial charge in [-0.25, -0.2) is 4.98 Å². The number of fused-ring (bicyclic) bond motifs is 1. The minimum absolute atomic E-state index is 0.455. The maximum atomic E-state index is 4.35. The third kappa shape index (κ3) is 1.51. The van der Waals surface area contributed by atoms with E-state index in [1.54, 1.807) is 12.4 Å². The first kappa shape index (κ1) is 8.85. The molecule has 78 valence electrons. The van der Waals surface area contributed by atoms with Gasteiger partial charge in [0.15, 0.2) is 5.65 Å². The van der Waals surface area contributed by atoms with E-state index in [1.165, 1.54) is 25.0 Å². The number of imidazole rings is 1. The van der Waals surface area contributed by atoms with E-state index in [-0.39, 0.29) is 0 Å². The first-order valence-corrected chi connectivity index (χ1v) is 5.45. The second-order valence-electron chi connectivity index (χ2n) is 3.99. The van der Waals surface area contributed by atoms with Crippen LogP contribution in [0.3, 0.4) is 0 Å². The molecule has 1 saturated heterocycles. The van der Waals surface area contributed by atoms with Gasteiger partial charge in [0.05, 0.1) is 18.1 Å². The molecular weight excluding hydrogens is 188 g/mol. The fourth-order valence-electron chi connectivity index (χ4n) is 2.22. The molecule has 3 heterocycles. The molecule has 4 heteroatoms. The third-order valence-electron chi connectivity index (χ3n) is 3.01. The summed E-state index contributed by atoms with van der Waals surface area (Å²) in [6.07, 6.45) is 11.3. The van der Waals surface area contributed by atoms with Gasteiger partial charge in [-0.2, -0.15) is 0 Å². The third-order valence-corrected chi connectivity index (χ3v) is 3.01. The van der Waals surface area contributed by atoms with Crippen LogP contribution in [0.2, 0.25) is 0 Å². The molecule has 2 aromatic rings. The van der Waals surface area contributed by atoms with Crippen LogP contribution in [0.25, 0.3) is 5.65 Å². The normalized spacial score (nSPS) is 22.0. The summed E-state index contributed by atoms with van der Waals surface area (Å²) in [4.78, 5) is 8.42. The Morgan fingerprint density at radius 2 is 2.33 bits per heavy atom. The molecule has 1 fully saturated rings. The number of aromatic nitrogens is 3. The van der Waals surface area contributed by atoms with E-state index in [4.69, 9.17) is 0 Å². The minimum Gasteiger partial charge on any atom is -0.309 e. The summed E-state index contributed by atoms with van der Waals surface area (Å²) in [5, 5.41) is 3.53. The van der Waals surface area contributed by atoms with Crippen molar-refractivity contribution in [1.82, 2.24) is 19.7 Å². The Balaban J connectivity index is 2.02. The van der Waals surface area contributed by atoms with Crippen molar-refractivity contribution < 1.29 is 0 Å². The average Bonchev–Trinajstić information content (AvgIpc) is 2.74. The number of nitrogens with zero attached hydrogens (tertiary/aromatic N) is 3. The Morgan fingerprint density at radius 3 is 3.20 bits per heavy atom. The summed E-state index contributed by atoms with van der Waals surface area (Å²) in [5.41, 5.74) is 2.19. The molecule has 1 aliphatic heterocycles. The van der Waals surface area contributed by atoms with Crippen LogP contribution in [0.5, 0.6) is 0 Å². The maximum Gasteiger partial charge on any atom is 0.155 e. The van der Waals surface area contributed by atoms with Gasteiger partial charge in [-0.05, 0) is 19.4 Å². The lowest BCUT2D eigenvalue weighted by Gasteiger charge is -2.22. The van der Waals surface area contributed by atoms with Crippen molar-refractivity contribution in [3.63, 3.8) is 0 Å². The summed E-state index contributed by atoms with van der Waals surface area (Å²) in [6, 6.07) is 0.455. The molecule has 0 aliphatic carbocycles. The maximum absolute atomic E-state index is 4.35. The molecule has 1 unspecified atom stereocenters. The lowest BCUT2D eigenvalue weighted by Crippen LogP contribution is -2.27. The Hall–Kier alpha value is -1.42. The minimum atomic E-state index is 0.455. The van der Waals surface area contributed by atoms with Crippen LogP contribution < -0.4 is 5.32 Å². The average molecular weight is 202 g/mol. The summed E-state index contributed by atoms with van der Waals surface area (Å²) < 4.78 is 2.12. The zero-order valence-corrected chi connectivity index (χ0v) is 8.56. The van der Waals surface area contributed by atoms with Crippen molar-refractivity contribution in [2.45, 2.75) is 25.3 Å². The highest BCUT2D eigenvalue weighted by molar-refractivity contribution is 5.37. The molecule has 2 aromatic heterocycles. The molecule has 0 bridgehead atoms. The highest BCUT2D eigenvalue weighted by Crippen LogP contribution is 2.23. The van der Waals surface area contributed by atoms with Gasteiger partial charge in [0, 0.05) is 18.4 Å². The van der Waals surface area contributed by atoms with Gasteiger partial charge >= 0.3 is 0 Å². The largest absolute Gasteiger partial charge is 0.309 e. The number of nitrogens with one attached hydrogen (secondary N) is 1. The molecular formula is C11H14N4. The Kier molecular flexibility index (Phi) is 2.14. The lowest BCUT2D eigenvalue weighted by atomic mass is 10.0. The van der Waals surface area contributed by atoms with E-state index >= 15 is 0 Å². The van der Waals surface area contributed by atoms with E-state index in [0.717, 1.165) is 12.2 Å². The van der Waals surface area contributed by atoms with Crippen LogP contribution in [0.15, 0.2) is 24.8 Å². The summed E-state index contributed by atoms with van der Waals surface area (Å²) in [7, 11) is 0. The molecule has 1 aliphatic rings. The number of rotatable bonds is 1. The van der Waals surface area contributed by atoms with Gasteiger partial charge in [-0.3, -0.25) is 9.38 Å². The first-order valence-electron chi connectivity index (χ1n) is 5.45. The number of hydrogen-bond donors (Lipinski definition) is 1. The van der Waals surface area contributed by atoms with Crippen molar-refractivity contribution in [3.8, 4) is 0 Å². The highest BCUT2D eigenvalue weighted by atomic mass is 15.1. The molecule has 15 heavy (non-hydrogen) atoms. The smallest absolute Gasteiger partial charge is 0.155 e. The molecule has 0 spiro atoms. The van der Waals surface area contributed by atoms with Crippen LogP contribution in [0.1, 0.15) is 31.0 Å². The van der Waals surface area contributed by atoms with Gasteiger partial charge in [0.1, 0.15) is 0 Å². The van der Waals surface area contributed by atoms with Crippen molar-refractivity contribution >= 4 is 5.65 Å².